The molecule has 1 rings (SSSR count). The molecule has 0 aromatic carbocycles. The molecule has 0 radical (unpaired) electrons. The molecule has 88 valence electrons. The summed E-state index contributed by atoms with van der Waals surface area (Å²) in [4.78, 5) is 18.9. The first-order valence-corrected chi connectivity index (χ1v) is 5.01. The standard InChI is InChI=1S/C11H17N3O2/c1-13(2)11(16)7-14(3)10-5-4-9(8-15)6-12-10/h4-6,15H,7-8H2,1-3H3. The smallest absolute Gasteiger partial charge is 0.241 e. The summed E-state index contributed by atoms with van der Waals surface area (Å²) >= 11 is 0. The molecule has 1 aromatic rings. The molecule has 16 heavy (non-hydrogen) atoms. The van der Waals surface area contributed by atoms with Crippen molar-refractivity contribution < 1.29 is 9.90 Å². The lowest BCUT2D eigenvalue weighted by Crippen LogP contribution is -2.34. The summed E-state index contributed by atoms with van der Waals surface area (Å²) in [6.45, 7) is 0.270. The van der Waals surface area contributed by atoms with E-state index in [2.05, 4.69) is 4.98 Å². The first-order chi connectivity index (χ1) is 7.54. The van der Waals surface area contributed by atoms with E-state index in [1.54, 1.807) is 42.2 Å². The fraction of sp³-hybridized carbons (Fsp3) is 0.455. The van der Waals surface area contributed by atoms with Gasteiger partial charge in [-0.3, -0.25) is 4.79 Å². The van der Waals surface area contributed by atoms with E-state index in [1.165, 1.54) is 0 Å². The lowest BCUT2D eigenvalue weighted by atomic mass is 10.3. The van der Waals surface area contributed by atoms with Gasteiger partial charge in [0, 0.05) is 27.3 Å². The van der Waals surface area contributed by atoms with Gasteiger partial charge in [0.15, 0.2) is 0 Å². The van der Waals surface area contributed by atoms with Crippen molar-refractivity contribution in [2.45, 2.75) is 6.61 Å². The van der Waals surface area contributed by atoms with Gasteiger partial charge >= 0.3 is 0 Å². The highest BCUT2D eigenvalue weighted by atomic mass is 16.3. The molecule has 0 bridgehead atoms. The second-order valence-electron chi connectivity index (χ2n) is 3.83. The normalized spacial score (nSPS) is 10.0. The quantitative estimate of drug-likeness (QED) is 0.786. The van der Waals surface area contributed by atoms with Crippen molar-refractivity contribution in [3.8, 4) is 0 Å². The number of rotatable bonds is 4. The van der Waals surface area contributed by atoms with Crippen molar-refractivity contribution in [2.75, 3.05) is 32.6 Å². The second-order valence-corrected chi connectivity index (χ2v) is 3.83. The highest BCUT2D eigenvalue weighted by Gasteiger charge is 2.09. The number of aromatic nitrogens is 1. The fourth-order valence-electron chi connectivity index (χ4n) is 1.16. The third kappa shape index (κ3) is 3.20. The topological polar surface area (TPSA) is 56.7 Å². The predicted octanol–water partition coefficient (Wildman–Crippen LogP) is 0.0983. The zero-order chi connectivity index (χ0) is 12.1. The molecule has 1 heterocycles. The number of pyridine rings is 1. The van der Waals surface area contributed by atoms with Crippen LogP contribution in [0, 0.1) is 0 Å². The Bertz CT molecular complexity index is 349. The summed E-state index contributed by atoms with van der Waals surface area (Å²) in [6, 6.07) is 3.58. The Balaban J connectivity index is 2.65. The van der Waals surface area contributed by atoms with Gasteiger partial charge in [0.05, 0.1) is 13.2 Å². The molecule has 0 saturated carbocycles. The van der Waals surface area contributed by atoms with E-state index >= 15 is 0 Å². The molecular weight excluding hydrogens is 206 g/mol. The average molecular weight is 223 g/mol. The zero-order valence-corrected chi connectivity index (χ0v) is 9.84. The minimum Gasteiger partial charge on any atom is -0.392 e. The fourth-order valence-corrected chi connectivity index (χ4v) is 1.16. The Morgan fingerprint density at radius 1 is 1.38 bits per heavy atom. The highest BCUT2D eigenvalue weighted by molar-refractivity contribution is 5.80. The number of aliphatic hydroxyl groups is 1. The molecule has 0 fully saturated rings. The summed E-state index contributed by atoms with van der Waals surface area (Å²) in [6.07, 6.45) is 1.60. The van der Waals surface area contributed by atoms with Crippen LogP contribution in [0.5, 0.6) is 0 Å². The van der Waals surface area contributed by atoms with Crippen LogP contribution < -0.4 is 4.90 Å². The number of aliphatic hydroxyl groups excluding tert-OH is 1. The van der Waals surface area contributed by atoms with Gasteiger partial charge in [0.2, 0.25) is 5.91 Å². The van der Waals surface area contributed by atoms with Crippen LogP contribution in [-0.2, 0) is 11.4 Å². The Labute approximate surface area is 95.3 Å². The van der Waals surface area contributed by atoms with Crippen molar-refractivity contribution in [3.63, 3.8) is 0 Å². The van der Waals surface area contributed by atoms with Gasteiger partial charge in [-0.15, -0.1) is 0 Å². The van der Waals surface area contributed by atoms with Crippen LogP contribution in [0.25, 0.3) is 0 Å². The monoisotopic (exact) mass is 223 g/mol. The number of amides is 1. The maximum Gasteiger partial charge on any atom is 0.241 e. The molecule has 1 amide bonds. The van der Waals surface area contributed by atoms with Crippen LogP contribution >= 0.6 is 0 Å². The minimum atomic E-state index is -0.0202. The molecule has 0 spiro atoms. The summed E-state index contributed by atoms with van der Waals surface area (Å²) in [5.41, 5.74) is 0.760. The Morgan fingerprint density at radius 3 is 2.50 bits per heavy atom. The Hall–Kier alpha value is -1.62. The number of carbonyl (C=O) groups excluding carboxylic acids is 1. The van der Waals surface area contributed by atoms with E-state index in [0.717, 1.165) is 5.56 Å². The summed E-state index contributed by atoms with van der Waals surface area (Å²) in [5, 5.41) is 8.87. The van der Waals surface area contributed by atoms with E-state index in [0.29, 0.717) is 12.4 Å². The van der Waals surface area contributed by atoms with Gasteiger partial charge in [-0.2, -0.15) is 0 Å². The molecule has 0 aliphatic rings. The van der Waals surface area contributed by atoms with E-state index in [-0.39, 0.29) is 12.5 Å². The molecule has 0 saturated heterocycles. The molecule has 1 N–H and O–H groups in total. The Morgan fingerprint density at radius 2 is 2.06 bits per heavy atom. The predicted molar refractivity (Wildman–Crippen MR) is 62.1 cm³/mol. The Kier molecular flexibility index (Phi) is 4.25. The largest absolute Gasteiger partial charge is 0.392 e. The van der Waals surface area contributed by atoms with Crippen LogP contribution in [0.1, 0.15) is 5.56 Å². The summed E-state index contributed by atoms with van der Waals surface area (Å²) in [7, 11) is 5.25. The lowest BCUT2D eigenvalue weighted by Gasteiger charge is -2.20. The molecule has 0 aliphatic carbocycles. The third-order valence-electron chi connectivity index (χ3n) is 2.25. The third-order valence-corrected chi connectivity index (χ3v) is 2.25. The lowest BCUT2D eigenvalue weighted by molar-refractivity contribution is -0.127. The summed E-state index contributed by atoms with van der Waals surface area (Å²) < 4.78 is 0. The van der Waals surface area contributed by atoms with Gasteiger partial charge in [0.1, 0.15) is 5.82 Å². The minimum absolute atomic E-state index is 0.0202. The van der Waals surface area contributed by atoms with Crippen molar-refractivity contribution in [3.05, 3.63) is 23.9 Å². The molecule has 0 atom stereocenters. The van der Waals surface area contributed by atoms with Gasteiger partial charge < -0.3 is 14.9 Å². The SMILES string of the molecule is CN(C)C(=O)CN(C)c1ccc(CO)cn1. The maximum atomic E-state index is 11.5. The molecule has 1 aromatic heterocycles. The van der Waals surface area contributed by atoms with Crippen molar-refractivity contribution in [1.29, 1.82) is 0 Å². The van der Waals surface area contributed by atoms with E-state index in [1.807, 2.05) is 7.05 Å². The average Bonchev–Trinajstić information content (AvgIpc) is 2.28. The van der Waals surface area contributed by atoms with Crippen LogP contribution in [0.2, 0.25) is 0 Å². The zero-order valence-electron chi connectivity index (χ0n) is 9.84. The first-order valence-electron chi connectivity index (χ1n) is 5.01. The van der Waals surface area contributed by atoms with Crippen LogP contribution in [0.3, 0.4) is 0 Å². The van der Waals surface area contributed by atoms with E-state index < -0.39 is 0 Å². The van der Waals surface area contributed by atoms with Crippen LogP contribution in [0.4, 0.5) is 5.82 Å². The highest BCUT2D eigenvalue weighted by Crippen LogP contribution is 2.09. The van der Waals surface area contributed by atoms with Gasteiger partial charge in [-0.25, -0.2) is 4.98 Å². The van der Waals surface area contributed by atoms with E-state index in [9.17, 15) is 4.79 Å². The number of carbonyl (C=O) groups is 1. The number of likely N-dealkylation sites (N-methyl/N-ethyl adjacent to an activating group) is 2. The second kappa shape index (κ2) is 5.46. The van der Waals surface area contributed by atoms with Crippen molar-refractivity contribution >= 4 is 11.7 Å². The molecule has 5 nitrogen and oxygen atoms in total. The first kappa shape index (κ1) is 12.4. The molecular formula is C11H17N3O2. The van der Waals surface area contributed by atoms with Crippen molar-refractivity contribution in [2.24, 2.45) is 0 Å². The maximum absolute atomic E-state index is 11.5. The summed E-state index contributed by atoms with van der Waals surface area (Å²) in [5.74, 6) is 0.739. The number of nitrogens with zero attached hydrogens (tertiary/aromatic N) is 3. The molecule has 0 unspecified atom stereocenters. The van der Waals surface area contributed by atoms with Crippen LogP contribution in [-0.4, -0.2) is 48.6 Å². The van der Waals surface area contributed by atoms with Gasteiger partial charge in [-0.05, 0) is 11.6 Å². The van der Waals surface area contributed by atoms with Crippen LogP contribution in [0.15, 0.2) is 18.3 Å². The number of hydrogen-bond donors (Lipinski definition) is 1. The van der Waals surface area contributed by atoms with Gasteiger partial charge in [0.25, 0.3) is 0 Å². The molecule has 0 aliphatic heterocycles. The van der Waals surface area contributed by atoms with E-state index in [4.69, 9.17) is 5.11 Å². The van der Waals surface area contributed by atoms with Gasteiger partial charge in [-0.1, -0.05) is 6.07 Å². The number of anilines is 1. The van der Waals surface area contributed by atoms with Crippen molar-refractivity contribution in [1.82, 2.24) is 9.88 Å². The molecule has 5 heteroatoms. The number of hydrogen-bond acceptors (Lipinski definition) is 4.